The minimum absolute atomic E-state index is 0.0241. The highest BCUT2D eigenvalue weighted by atomic mass is 19.1. The van der Waals surface area contributed by atoms with Gasteiger partial charge in [-0.05, 0) is 55.2 Å². The minimum Gasteiger partial charge on any atom is -0.355 e. The van der Waals surface area contributed by atoms with Gasteiger partial charge < -0.3 is 10.2 Å². The van der Waals surface area contributed by atoms with Crippen molar-refractivity contribution >= 4 is 17.5 Å². The zero-order chi connectivity index (χ0) is 18.7. The molecule has 4 nitrogen and oxygen atoms in total. The van der Waals surface area contributed by atoms with Gasteiger partial charge in [0.25, 0.3) is 0 Å². The molecule has 1 unspecified atom stereocenters. The van der Waals surface area contributed by atoms with E-state index in [-0.39, 0.29) is 30.0 Å². The Balaban J connectivity index is 1.58. The van der Waals surface area contributed by atoms with Crippen LogP contribution in [0.25, 0.3) is 0 Å². The van der Waals surface area contributed by atoms with Gasteiger partial charge in [0.1, 0.15) is 5.82 Å². The van der Waals surface area contributed by atoms with Crippen molar-refractivity contribution in [3.8, 4) is 0 Å². The summed E-state index contributed by atoms with van der Waals surface area (Å²) in [6.07, 6.45) is 0.782. The molecule has 0 aliphatic carbocycles. The molecule has 2 aromatic rings. The Bertz CT molecular complexity index is 835. The van der Waals surface area contributed by atoms with Crippen LogP contribution >= 0.6 is 0 Å². The molecule has 1 aliphatic heterocycles. The van der Waals surface area contributed by atoms with Crippen LogP contribution in [0.4, 0.5) is 10.1 Å². The Morgan fingerprint density at radius 2 is 2.00 bits per heavy atom. The van der Waals surface area contributed by atoms with Gasteiger partial charge in [0.15, 0.2) is 0 Å². The minimum atomic E-state index is -0.352. The number of nitrogens with zero attached hydrogens (tertiary/aromatic N) is 1. The number of benzene rings is 2. The van der Waals surface area contributed by atoms with Gasteiger partial charge in [0.2, 0.25) is 11.8 Å². The van der Waals surface area contributed by atoms with E-state index in [0.717, 1.165) is 22.4 Å². The summed E-state index contributed by atoms with van der Waals surface area (Å²) < 4.78 is 13.2. The van der Waals surface area contributed by atoms with Gasteiger partial charge in [0, 0.05) is 25.2 Å². The summed E-state index contributed by atoms with van der Waals surface area (Å²) in [4.78, 5) is 26.5. The Hall–Kier alpha value is -2.69. The molecule has 0 aromatic heterocycles. The Morgan fingerprint density at radius 3 is 2.77 bits per heavy atom. The predicted octanol–water partition coefficient (Wildman–Crippen LogP) is 3.15. The van der Waals surface area contributed by atoms with E-state index in [2.05, 4.69) is 5.32 Å². The summed E-state index contributed by atoms with van der Waals surface area (Å²) in [5, 5.41) is 2.87. The number of rotatable bonds is 5. The maximum absolute atomic E-state index is 13.2. The molecule has 1 saturated heterocycles. The zero-order valence-electron chi connectivity index (χ0n) is 15.1. The van der Waals surface area contributed by atoms with Crippen molar-refractivity contribution in [1.82, 2.24) is 5.32 Å². The normalized spacial score (nSPS) is 16.8. The fraction of sp³-hybridized carbons (Fsp3) is 0.333. The third-order valence-electron chi connectivity index (χ3n) is 4.96. The number of aryl methyl sites for hydroxylation is 1. The molecule has 0 radical (unpaired) electrons. The van der Waals surface area contributed by atoms with Crippen LogP contribution in [0, 0.1) is 25.6 Å². The largest absolute Gasteiger partial charge is 0.355 e. The summed E-state index contributed by atoms with van der Waals surface area (Å²) in [7, 11) is 0. The SMILES string of the molecule is Cc1cccc(N2CC(C(=O)NCCc3cccc(F)c3)CC2=O)c1C. The van der Waals surface area contributed by atoms with Crippen molar-refractivity contribution in [2.24, 2.45) is 5.92 Å². The summed E-state index contributed by atoms with van der Waals surface area (Å²) in [6.45, 7) is 4.83. The first-order chi connectivity index (χ1) is 12.5. The molecule has 3 rings (SSSR count). The summed E-state index contributed by atoms with van der Waals surface area (Å²) >= 11 is 0. The van der Waals surface area contributed by atoms with Crippen LogP contribution in [-0.4, -0.2) is 24.9 Å². The molecule has 1 aliphatic rings. The molecule has 0 saturated carbocycles. The summed E-state index contributed by atoms with van der Waals surface area (Å²) in [5.41, 5.74) is 3.90. The molecule has 0 bridgehead atoms. The Morgan fingerprint density at radius 1 is 1.23 bits per heavy atom. The zero-order valence-corrected chi connectivity index (χ0v) is 15.1. The van der Waals surface area contributed by atoms with Gasteiger partial charge in [-0.25, -0.2) is 4.39 Å². The van der Waals surface area contributed by atoms with Crippen LogP contribution in [0.3, 0.4) is 0 Å². The standard InChI is InChI=1S/C21H23FN2O2/c1-14-5-3-8-19(15(14)2)24-13-17(12-20(24)25)21(26)23-10-9-16-6-4-7-18(22)11-16/h3-8,11,17H,9-10,12-13H2,1-2H3,(H,23,26). The second kappa shape index (κ2) is 7.68. The second-order valence-electron chi connectivity index (χ2n) is 6.80. The van der Waals surface area contributed by atoms with Gasteiger partial charge in [-0.1, -0.05) is 24.3 Å². The van der Waals surface area contributed by atoms with Crippen molar-refractivity contribution in [1.29, 1.82) is 0 Å². The molecule has 1 fully saturated rings. The topological polar surface area (TPSA) is 49.4 Å². The van der Waals surface area contributed by atoms with Gasteiger partial charge in [-0.15, -0.1) is 0 Å². The summed E-state index contributed by atoms with van der Waals surface area (Å²) in [6, 6.07) is 12.2. The van der Waals surface area contributed by atoms with E-state index in [1.807, 2.05) is 38.1 Å². The quantitative estimate of drug-likeness (QED) is 0.897. The number of hydrogen-bond donors (Lipinski definition) is 1. The van der Waals surface area contributed by atoms with Crippen LogP contribution in [0.5, 0.6) is 0 Å². The van der Waals surface area contributed by atoms with Crippen LogP contribution in [0.15, 0.2) is 42.5 Å². The van der Waals surface area contributed by atoms with E-state index in [1.54, 1.807) is 11.0 Å². The maximum atomic E-state index is 13.2. The lowest BCUT2D eigenvalue weighted by Gasteiger charge is -2.20. The number of nitrogens with one attached hydrogen (secondary N) is 1. The summed E-state index contributed by atoms with van der Waals surface area (Å²) in [5.74, 6) is -0.777. The van der Waals surface area contributed by atoms with E-state index in [9.17, 15) is 14.0 Å². The molecule has 136 valence electrons. The molecule has 2 aromatic carbocycles. The average molecular weight is 354 g/mol. The monoisotopic (exact) mass is 354 g/mol. The number of halogens is 1. The van der Waals surface area contributed by atoms with Crippen molar-refractivity contribution in [2.75, 3.05) is 18.0 Å². The van der Waals surface area contributed by atoms with Crippen molar-refractivity contribution in [3.05, 3.63) is 65.0 Å². The van der Waals surface area contributed by atoms with Crippen LogP contribution in [0.2, 0.25) is 0 Å². The highest BCUT2D eigenvalue weighted by Crippen LogP contribution is 2.29. The van der Waals surface area contributed by atoms with E-state index < -0.39 is 0 Å². The molecule has 1 N–H and O–H groups in total. The van der Waals surface area contributed by atoms with Crippen LogP contribution < -0.4 is 10.2 Å². The lowest BCUT2D eigenvalue weighted by Crippen LogP contribution is -2.34. The number of anilines is 1. The first-order valence-electron chi connectivity index (χ1n) is 8.84. The predicted molar refractivity (Wildman–Crippen MR) is 99.5 cm³/mol. The first kappa shape index (κ1) is 18.1. The van der Waals surface area contributed by atoms with Crippen LogP contribution in [0.1, 0.15) is 23.1 Å². The number of carbonyl (C=O) groups is 2. The van der Waals surface area contributed by atoms with Crippen molar-refractivity contribution in [2.45, 2.75) is 26.7 Å². The molecule has 1 heterocycles. The van der Waals surface area contributed by atoms with Gasteiger partial charge in [-0.2, -0.15) is 0 Å². The molecule has 2 amide bonds. The second-order valence-corrected chi connectivity index (χ2v) is 6.80. The lowest BCUT2D eigenvalue weighted by atomic mass is 10.1. The molecule has 26 heavy (non-hydrogen) atoms. The maximum Gasteiger partial charge on any atom is 0.227 e. The Kier molecular flexibility index (Phi) is 5.35. The van der Waals surface area contributed by atoms with Gasteiger partial charge in [-0.3, -0.25) is 9.59 Å². The molecular weight excluding hydrogens is 331 g/mol. The first-order valence-corrected chi connectivity index (χ1v) is 8.84. The van der Waals surface area contributed by atoms with Crippen molar-refractivity contribution < 1.29 is 14.0 Å². The molecule has 0 spiro atoms. The molecular formula is C21H23FN2O2. The molecule has 1 atom stereocenters. The average Bonchev–Trinajstić information content (AvgIpc) is 2.99. The smallest absolute Gasteiger partial charge is 0.227 e. The fourth-order valence-corrected chi connectivity index (χ4v) is 3.31. The van der Waals surface area contributed by atoms with E-state index in [1.165, 1.54) is 12.1 Å². The number of carbonyl (C=O) groups excluding carboxylic acids is 2. The van der Waals surface area contributed by atoms with Crippen molar-refractivity contribution in [3.63, 3.8) is 0 Å². The van der Waals surface area contributed by atoms with E-state index in [4.69, 9.17) is 0 Å². The third kappa shape index (κ3) is 3.93. The fourth-order valence-electron chi connectivity index (χ4n) is 3.31. The third-order valence-corrected chi connectivity index (χ3v) is 4.96. The Labute approximate surface area is 153 Å². The van der Waals surface area contributed by atoms with E-state index >= 15 is 0 Å². The highest BCUT2D eigenvalue weighted by Gasteiger charge is 2.35. The van der Waals surface area contributed by atoms with Gasteiger partial charge in [0.05, 0.1) is 5.92 Å². The highest BCUT2D eigenvalue weighted by molar-refractivity contribution is 6.00. The number of hydrogen-bond acceptors (Lipinski definition) is 2. The molecule has 5 heteroatoms. The van der Waals surface area contributed by atoms with E-state index in [0.29, 0.717) is 19.5 Å². The van der Waals surface area contributed by atoms with Crippen LogP contribution in [-0.2, 0) is 16.0 Å². The van der Waals surface area contributed by atoms with Gasteiger partial charge >= 0.3 is 0 Å². The lowest BCUT2D eigenvalue weighted by molar-refractivity contribution is -0.126. The number of amides is 2.